The van der Waals surface area contributed by atoms with Crippen molar-refractivity contribution in [1.29, 1.82) is 0 Å². The summed E-state index contributed by atoms with van der Waals surface area (Å²) in [7, 11) is 0. The molecule has 0 aliphatic heterocycles. The van der Waals surface area contributed by atoms with E-state index in [2.05, 4.69) is 0 Å². The molecule has 0 saturated heterocycles. The van der Waals surface area contributed by atoms with Gasteiger partial charge in [0.15, 0.2) is 0 Å². The summed E-state index contributed by atoms with van der Waals surface area (Å²) in [5.74, 6) is -1.59. The molecule has 1 aromatic carbocycles. The summed E-state index contributed by atoms with van der Waals surface area (Å²) in [6.45, 7) is 5.53. The highest BCUT2D eigenvalue weighted by Gasteiger charge is 2.14. The van der Waals surface area contributed by atoms with Gasteiger partial charge in [0.1, 0.15) is 0 Å². The molecule has 5 heteroatoms. The molecule has 1 unspecified atom stereocenters. The summed E-state index contributed by atoms with van der Waals surface area (Å²) in [6.07, 6.45) is 0. The number of hydrogen-bond donors (Lipinski definition) is 1. The standard InChI is InChI=1S/C9H9NO4.C2H6/c1-6(9(11)12)7-2-4-8(5-3-7)10(13)14;1-2/h2-6H,1H3,(H,11,12);1-2H3. The molecule has 0 bridgehead atoms. The summed E-state index contributed by atoms with van der Waals surface area (Å²) >= 11 is 0. The smallest absolute Gasteiger partial charge is 0.310 e. The van der Waals surface area contributed by atoms with Crippen LogP contribution in [-0.4, -0.2) is 16.0 Å². The lowest BCUT2D eigenvalue weighted by molar-refractivity contribution is -0.384. The maximum absolute atomic E-state index is 10.6. The molecule has 0 amide bonds. The highest BCUT2D eigenvalue weighted by molar-refractivity contribution is 5.75. The number of aliphatic carboxylic acids is 1. The second kappa shape index (κ2) is 6.55. The van der Waals surface area contributed by atoms with E-state index in [1.807, 2.05) is 13.8 Å². The van der Waals surface area contributed by atoms with E-state index in [4.69, 9.17) is 5.11 Å². The highest BCUT2D eigenvalue weighted by atomic mass is 16.6. The molecule has 1 rings (SSSR count). The Kier molecular flexibility index (Phi) is 5.77. The van der Waals surface area contributed by atoms with E-state index in [0.717, 1.165) is 0 Å². The van der Waals surface area contributed by atoms with E-state index in [-0.39, 0.29) is 5.69 Å². The van der Waals surface area contributed by atoms with Gasteiger partial charge in [-0.3, -0.25) is 14.9 Å². The van der Waals surface area contributed by atoms with Crippen molar-refractivity contribution in [3.05, 3.63) is 39.9 Å². The van der Waals surface area contributed by atoms with Gasteiger partial charge in [-0.15, -0.1) is 0 Å². The Hall–Kier alpha value is -1.91. The number of benzene rings is 1. The number of carbonyl (C=O) groups is 1. The zero-order valence-corrected chi connectivity index (χ0v) is 9.51. The first-order valence-electron chi connectivity index (χ1n) is 4.99. The predicted molar refractivity (Wildman–Crippen MR) is 60.5 cm³/mol. The number of rotatable bonds is 3. The minimum Gasteiger partial charge on any atom is -0.481 e. The molecule has 0 spiro atoms. The van der Waals surface area contributed by atoms with Crippen molar-refractivity contribution in [2.75, 3.05) is 0 Å². The maximum atomic E-state index is 10.6. The first kappa shape index (κ1) is 14.1. The van der Waals surface area contributed by atoms with Gasteiger partial charge in [0.05, 0.1) is 10.8 Å². The van der Waals surface area contributed by atoms with Crippen LogP contribution in [0.2, 0.25) is 0 Å². The Balaban J connectivity index is 0.00000106. The van der Waals surface area contributed by atoms with Crippen molar-refractivity contribution in [2.45, 2.75) is 26.7 Å². The molecule has 0 heterocycles. The fourth-order valence-corrected chi connectivity index (χ4v) is 1.03. The number of nitro groups is 1. The molecule has 16 heavy (non-hydrogen) atoms. The number of non-ortho nitro benzene ring substituents is 1. The van der Waals surface area contributed by atoms with Gasteiger partial charge in [0.2, 0.25) is 0 Å². The van der Waals surface area contributed by atoms with Crippen LogP contribution in [0.15, 0.2) is 24.3 Å². The van der Waals surface area contributed by atoms with E-state index in [1.165, 1.54) is 31.2 Å². The van der Waals surface area contributed by atoms with Crippen molar-refractivity contribution in [3.63, 3.8) is 0 Å². The van der Waals surface area contributed by atoms with Crippen LogP contribution in [0.5, 0.6) is 0 Å². The second-order valence-electron chi connectivity index (χ2n) is 2.91. The zero-order chi connectivity index (χ0) is 12.7. The molecule has 1 N–H and O–H groups in total. The van der Waals surface area contributed by atoms with Crippen LogP contribution in [0, 0.1) is 10.1 Å². The van der Waals surface area contributed by atoms with Crippen LogP contribution in [0.25, 0.3) is 0 Å². The molecular formula is C11H15NO4. The average Bonchev–Trinajstić information content (AvgIpc) is 2.30. The quantitative estimate of drug-likeness (QED) is 0.633. The van der Waals surface area contributed by atoms with E-state index in [9.17, 15) is 14.9 Å². The largest absolute Gasteiger partial charge is 0.481 e. The third-order valence-electron chi connectivity index (χ3n) is 1.97. The Morgan fingerprint density at radius 1 is 1.31 bits per heavy atom. The molecule has 0 radical (unpaired) electrons. The predicted octanol–water partition coefficient (Wildman–Crippen LogP) is 2.81. The van der Waals surface area contributed by atoms with E-state index >= 15 is 0 Å². The van der Waals surface area contributed by atoms with Crippen LogP contribution in [0.3, 0.4) is 0 Å². The summed E-state index contributed by atoms with van der Waals surface area (Å²) in [5.41, 5.74) is 0.523. The molecule has 0 fully saturated rings. The van der Waals surface area contributed by atoms with Crippen molar-refractivity contribution in [1.82, 2.24) is 0 Å². The molecule has 0 aromatic heterocycles. The van der Waals surface area contributed by atoms with Crippen molar-refractivity contribution >= 4 is 11.7 Å². The van der Waals surface area contributed by atoms with Gasteiger partial charge in [0.25, 0.3) is 5.69 Å². The van der Waals surface area contributed by atoms with E-state index in [0.29, 0.717) is 5.56 Å². The third kappa shape index (κ3) is 3.68. The Bertz CT molecular complexity index is 359. The molecule has 88 valence electrons. The number of carboxylic acids is 1. The normalized spacial score (nSPS) is 10.9. The summed E-state index contributed by atoms with van der Waals surface area (Å²) in [4.78, 5) is 20.4. The molecule has 0 saturated carbocycles. The van der Waals surface area contributed by atoms with Gasteiger partial charge < -0.3 is 5.11 Å². The highest BCUT2D eigenvalue weighted by Crippen LogP contribution is 2.18. The van der Waals surface area contributed by atoms with E-state index < -0.39 is 16.8 Å². The van der Waals surface area contributed by atoms with Gasteiger partial charge in [-0.25, -0.2) is 0 Å². The fourth-order valence-electron chi connectivity index (χ4n) is 1.03. The number of hydrogen-bond acceptors (Lipinski definition) is 3. The van der Waals surface area contributed by atoms with Crippen LogP contribution in [-0.2, 0) is 4.79 Å². The number of nitrogens with zero attached hydrogens (tertiary/aromatic N) is 1. The van der Waals surface area contributed by atoms with E-state index in [1.54, 1.807) is 0 Å². The molecule has 0 aliphatic rings. The van der Waals surface area contributed by atoms with Gasteiger partial charge >= 0.3 is 5.97 Å². The first-order valence-corrected chi connectivity index (χ1v) is 4.99. The lowest BCUT2D eigenvalue weighted by Gasteiger charge is -2.04. The molecule has 0 aliphatic carbocycles. The van der Waals surface area contributed by atoms with Crippen LogP contribution < -0.4 is 0 Å². The fraction of sp³-hybridized carbons (Fsp3) is 0.364. The van der Waals surface area contributed by atoms with Gasteiger partial charge in [-0.05, 0) is 12.5 Å². The first-order chi connectivity index (χ1) is 7.52. The topological polar surface area (TPSA) is 80.4 Å². The molecule has 1 aromatic rings. The summed E-state index contributed by atoms with van der Waals surface area (Å²) < 4.78 is 0. The lowest BCUT2D eigenvalue weighted by atomic mass is 10.0. The van der Waals surface area contributed by atoms with Crippen LogP contribution >= 0.6 is 0 Å². The van der Waals surface area contributed by atoms with Gasteiger partial charge in [-0.2, -0.15) is 0 Å². The van der Waals surface area contributed by atoms with Gasteiger partial charge in [0, 0.05) is 12.1 Å². The molecule has 5 nitrogen and oxygen atoms in total. The minimum absolute atomic E-state index is 0.0358. The summed E-state index contributed by atoms with van der Waals surface area (Å²) in [6, 6.07) is 5.51. The maximum Gasteiger partial charge on any atom is 0.310 e. The number of nitro benzene ring substituents is 1. The van der Waals surface area contributed by atoms with Gasteiger partial charge in [-0.1, -0.05) is 26.0 Å². The van der Waals surface area contributed by atoms with Crippen molar-refractivity contribution < 1.29 is 14.8 Å². The Labute approximate surface area is 93.9 Å². The van der Waals surface area contributed by atoms with Crippen molar-refractivity contribution in [2.24, 2.45) is 0 Å². The summed E-state index contributed by atoms with van der Waals surface area (Å²) in [5, 5.41) is 19.0. The Morgan fingerprint density at radius 2 is 1.75 bits per heavy atom. The average molecular weight is 225 g/mol. The molecular weight excluding hydrogens is 210 g/mol. The second-order valence-corrected chi connectivity index (χ2v) is 2.91. The van der Waals surface area contributed by atoms with Crippen molar-refractivity contribution in [3.8, 4) is 0 Å². The SMILES string of the molecule is CC.CC(C(=O)O)c1ccc([N+](=O)[O-])cc1. The lowest BCUT2D eigenvalue weighted by Crippen LogP contribution is -2.07. The minimum atomic E-state index is -0.946. The number of carboxylic acid groups (broad SMARTS) is 1. The molecule has 1 atom stereocenters. The monoisotopic (exact) mass is 225 g/mol. The Morgan fingerprint density at radius 3 is 2.06 bits per heavy atom. The van der Waals surface area contributed by atoms with Crippen LogP contribution in [0.4, 0.5) is 5.69 Å². The zero-order valence-electron chi connectivity index (χ0n) is 9.51. The third-order valence-corrected chi connectivity index (χ3v) is 1.97. The van der Waals surface area contributed by atoms with Crippen LogP contribution in [0.1, 0.15) is 32.3 Å².